The maximum atomic E-state index is 12.5. The summed E-state index contributed by atoms with van der Waals surface area (Å²) in [7, 11) is 0. The normalized spacial score (nSPS) is 31.0. The second-order valence-electron chi connectivity index (χ2n) is 6.89. The number of nitrogens with zero attached hydrogens (tertiary/aromatic N) is 3. The van der Waals surface area contributed by atoms with E-state index in [2.05, 4.69) is 26.9 Å². The van der Waals surface area contributed by atoms with Crippen molar-refractivity contribution in [2.75, 3.05) is 52.4 Å². The molecule has 3 heterocycles. The van der Waals surface area contributed by atoms with Crippen LogP contribution in [0.5, 0.6) is 0 Å². The Hall–Kier alpha value is -0.360. The Morgan fingerprint density at radius 2 is 1.86 bits per heavy atom. The fraction of sp³-hybridized carbons (Fsp3) is 0.938. The zero-order valence-electron chi connectivity index (χ0n) is 13.8. The molecule has 0 saturated carbocycles. The Kier molecular flexibility index (Phi) is 6.93. The Balaban J connectivity index is 0.00000176. The topological polar surface area (TPSA) is 38.8 Å². The van der Waals surface area contributed by atoms with E-state index in [1.54, 1.807) is 0 Å². The van der Waals surface area contributed by atoms with Gasteiger partial charge in [-0.25, -0.2) is 0 Å². The third kappa shape index (κ3) is 4.34. The third-order valence-electron chi connectivity index (χ3n) is 5.44. The van der Waals surface area contributed by atoms with Gasteiger partial charge in [0.25, 0.3) is 0 Å². The molecule has 6 heteroatoms. The predicted molar refractivity (Wildman–Crippen MR) is 91.6 cm³/mol. The van der Waals surface area contributed by atoms with Gasteiger partial charge in [-0.3, -0.25) is 14.6 Å². The average Bonchev–Trinajstić information content (AvgIpc) is 3.02. The van der Waals surface area contributed by atoms with Crippen molar-refractivity contribution in [3.8, 4) is 0 Å². The van der Waals surface area contributed by atoms with Gasteiger partial charge in [0.1, 0.15) is 0 Å². The molecule has 0 aromatic heterocycles. The van der Waals surface area contributed by atoms with E-state index in [1.165, 1.54) is 25.7 Å². The van der Waals surface area contributed by atoms with Crippen molar-refractivity contribution in [3.63, 3.8) is 0 Å². The van der Waals surface area contributed by atoms with E-state index in [0.29, 0.717) is 18.5 Å². The zero-order valence-corrected chi connectivity index (χ0v) is 14.6. The van der Waals surface area contributed by atoms with Crippen molar-refractivity contribution >= 4 is 18.3 Å². The van der Waals surface area contributed by atoms with E-state index >= 15 is 0 Å². The molecule has 3 saturated heterocycles. The lowest BCUT2D eigenvalue weighted by atomic mass is 10.0. The van der Waals surface area contributed by atoms with Crippen LogP contribution in [-0.4, -0.2) is 85.0 Å². The van der Waals surface area contributed by atoms with Crippen LogP contribution >= 0.6 is 12.4 Å². The predicted octanol–water partition coefficient (Wildman–Crippen LogP) is 0.789. The molecule has 2 atom stereocenters. The van der Waals surface area contributed by atoms with E-state index in [4.69, 9.17) is 0 Å². The maximum Gasteiger partial charge on any atom is 0.236 e. The molecule has 0 aliphatic carbocycles. The number of likely N-dealkylation sites (tertiary alicyclic amines) is 1. The number of rotatable bonds is 3. The molecule has 3 aliphatic rings. The first kappa shape index (κ1) is 18.0. The van der Waals surface area contributed by atoms with Gasteiger partial charge in [-0.15, -0.1) is 12.4 Å². The van der Waals surface area contributed by atoms with Crippen LogP contribution < -0.4 is 5.32 Å². The quantitative estimate of drug-likeness (QED) is 0.830. The Morgan fingerprint density at radius 1 is 1.09 bits per heavy atom. The van der Waals surface area contributed by atoms with Crippen LogP contribution in [0.3, 0.4) is 0 Å². The maximum absolute atomic E-state index is 12.5. The summed E-state index contributed by atoms with van der Waals surface area (Å²) in [5, 5.41) is 3.44. The average molecular weight is 331 g/mol. The second kappa shape index (κ2) is 8.48. The van der Waals surface area contributed by atoms with Gasteiger partial charge in [0.2, 0.25) is 5.91 Å². The van der Waals surface area contributed by atoms with Crippen molar-refractivity contribution in [1.29, 1.82) is 0 Å². The SMILES string of the molecule is CC1CCCCN1C(=O)CN1CCN(C2CCNC2)CC1.Cl. The second-order valence-corrected chi connectivity index (χ2v) is 6.89. The summed E-state index contributed by atoms with van der Waals surface area (Å²) in [6, 6.07) is 1.17. The molecule has 0 spiro atoms. The van der Waals surface area contributed by atoms with Crippen LogP contribution in [0.2, 0.25) is 0 Å². The number of nitrogens with one attached hydrogen (secondary N) is 1. The molecule has 0 bridgehead atoms. The lowest BCUT2D eigenvalue weighted by molar-refractivity contribution is -0.136. The van der Waals surface area contributed by atoms with Crippen LogP contribution in [0.15, 0.2) is 0 Å². The smallest absolute Gasteiger partial charge is 0.236 e. The zero-order chi connectivity index (χ0) is 14.7. The van der Waals surface area contributed by atoms with Gasteiger partial charge in [0.15, 0.2) is 0 Å². The van der Waals surface area contributed by atoms with Crippen LogP contribution in [0, 0.1) is 0 Å². The van der Waals surface area contributed by atoms with E-state index < -0.39 is 0 Å². The van der Waals surface area contributed by atoms with Gasteiger partial charge in [-0.05, 0) is 39.2 Å². The minimum absolute atomic E-state index is 0. The summed E-state index contributed by atoms with van der Waals surface area (Å²) in [5.74, 6) is 0.346. The summed E-state index contributed by atoms with van der Waals surface area (Å²) in [6.45, 7) is 10.4. The molecule has 128 valence electrons. The molecular formula is C16H31ClN4O. The van der Waals surface area contributed by atoms with Crippen LogP contribution in [-0.2, 0) is 4.79 Å². The molecule has 3 rings (SSSR count). The number of hydrogen-bond acceptors (Lipinski definition) is 4. The van der Waals surface area contributed by atoms with Gasteiger partial charge in [-0.2, -0.15) is 0 Å². The molecule has 3 aliphatic heterocycles. The Labute approximate surface area is 140 Å². The number of piperazine rings is 1. The highest BCUT2D eigenvalue weighted by atomic mass is 35.5. The number of amides is 1. The molecule has 1 N–H and O–H groups in total. The van der Waals surface area contributed by atoms with Gasteiger partial charge < -0.3 is 10.2 Å². The lowest BCUT2D eigenvalue weighted by Crippen LogP contribution is -2.54. The molecule has 5 nitrogen and oxygen atoms in total. The number of carbonyl (C=O) groups excluding carboxylic acids is 1. The van der Waals surface area contributed by atoms with Crippen LogP contribution in [0.25, 0.3) is 0 Å². The van der Waals surface area contributed by atoms with Crippen molar-refractivity contribution in [1.82, 2.24) is 20.0 Å². The van der Waals surface area contributed by atoms with Crippen LogP contribution in [0.4, 0.5) is 0 Å². The number of hydrogen-bond donors (Lipinski definition) is 1. The van der Waals surface area contributed by atoms with Crippen molar-refractivity contribution in [2.45, 2.75) is 44.7 Å². The number of halogens is 1. The fourth-order valence-electron chi connectivity index (χ4n) is 3.99. The highest BCUT2D eigenvalue weighted by molar-refractivity contribution is 5.85. The Morgan fingerprint density at radius 3 is 2.50 bits per heavy atom. The minimum atomic E-state index is 0. The van der Waals surface area contributed by atoms with Crippen molar-refractivity contribution in [2.24, 2.45) is 0 Å². The molecule has 2 unspecified atom stereocenters. The monoisotopic (exact) mass is 330 g/mol. The molecule has 22 heavy (non-hydrogen) atoms. The largest absolute Gasteiger partial charge is 0.339 e. The third-order valence-corrected chi connectivity index (χ3v) is 5.44. The van der Waals surface area contributed by atoms with E-state index in [9.17, 15) is 4.79 Å². The molecule has 3 fully saturated rings. The lowest BCUT2D eigenvalue weighted by Gasteiger charge is -2.39. The number of carbonyl (C=O) groups is 1. The minimum Gasteiger partial charge on any atom is -0.339 e. The van der Waals surface area contributed by atoms with Crippen molar-refractivity contribution in [3.05, 3.63) is 0 Å². The van der Waals surface area contributed by atoms with E-state index in [1.807, 2.05) is 0 Å². The molecular weight excluding hydrogens is 300 g/mol. The summed E-state index contributed by atoms with van der Waals surface area (Å²) in [6.07, 6.45) is 4.91. The highest BCUT2D eigenvalue weighted by Crippen LogP contribution is 2.17. The van der Waals surface area contributed by atoms with Crippen molar-refractivity contribution < 1.29 is 4.79 Å². The fourth-order valence-corrected chi connectivity index (χ4v) is 3.99. The summed E-state index contributed by atoms with van der Waals surface area (Å²) < 4.78 is 0. The first-order chi connectivity index (χ1) is 10.2. The Bertz CT molecular complexity index is 354. The summed E-state index contributed by atoms with van der Waals surface area (Å²) in [4.78, 5) is 19.5. The van der Waals surface area contributed by atoms with Gasteiger partial charge in [0.05, 0.1) is 6.54 Å². The highest BCUT2D eigenvalue weighted by Gasteiger charge is 2.29. The van der Waals surface area contributed by atoms with Crippen LogP contribution in [0.1, 0.15) is 32.6 Å². The molecule has 0 radical (unpaired) electrons. The summed E-state index contributed by atoms with van der Waals surface area (Å²) in [5.41, 5.74) is 0. The van der Waals surface area contributed by atoms with Gasteiger partial charge in [0, 0.05) is 51.4 Å². The first-order valence-corrected chi connectivity index (χ1v) is 8.70. The first-order valence-electron chi connectivity index (χ1n) is 8.70. The molecule has 0 aromatic rings. The van der Waals surface area contributed by atoms with E-state index in [0.717, 1.165) is 51.9 Å². The summed E-state index contributed by atoms with van der Waals surface area (Å²) >= 11 is 0. The number of piperidine rings is 1. The van der Waals surface area contributed by atoms with Gasteiger partial charge in [-0.1, -0.05) is 0 Å². The van der Waals surface area contributed by atoms with Gasteiger partial charge >= 0.3 is 0 Å². The molecule has 0 aromatic carbocycles. The van der Waals surface area contributed by atoms with E-state index in [-0.39, 0.29) is 12.4 Å². The standard InChI is InChI=1S/C16H30N4O.ClH/c1-14-4-2-3-7-20(14)16(21)13-18-8-10-19(11-9-18)15-5-6-17-12-15;/h14-15,17H,2-13H2,1H3;1H. The molecule has 1 amide bonds.